The van der Waals surface area contributed by atoms with Gasteiger partial charge >= 0.3 is 12.1 Å². The van der Waals surface area contributed by atoms with Gasteiger partial charge in [-0.1, -0.05) is 12.1 Å². The quantitative estimate of drug-likeness (QED) is 0.903. The van der Waals surface area contributed by atoms with Crippen molar-refractivity contribution in [3.8, 4) is 0 Å². The van der Waals surface area contributed by atoms with Crippen LogP contribution in [0.15, 0.2) is 24.3 Å². The fourth-order valence-corrected chi connectivity index (χ4v) is 2.10. The second-order valence-electron chi connectivity index (χ2n) is 4.76. The summed E-state index contributed by atoms with van der Waals surface area (Å²) >= 11 is 0. The van der Waals surface area contributed by atoms with E-state index in [1.54, 1.807) is 18.2 Å². The maximum Gasteiger partial charge on any atom is 0.471 e. The molecular weight excluding hydrogens is 271 g/mol. The molecule has 0 unspecified atom stereocenters. The number of para-hydroxylation sites is 2. The number of alkyl halides is 3. The summed E-state index contributed by atoms with van der Waals surface area (Å²) in [6.45, 7) is 3.11. The number of anilines is 2. The van der Waals surface area contributed by atoms with E-state index in [0.29, 0.717) is 5.69 Å². The first-order chi connectivity index (χ1) is 9.38. The number of hydrogen-bond donors (Lipinski definition) is 1. The van der Waals surface area contributed by atoms with Crippen LogP contribution >= 0.6 is 0 Å². The minimum Gasteiger partial charge on any atom is -0.367 e. The molecule has 1 heterocycles. The lowest BCUT2D eigenvalue weighted by Crippen LogP contribution is -2.44. The molecule has 0 aliphatic carbocycles. The van der Waals surface area contributed by atoms with Crippen molar-refractivity contribution < 1.29 is 18.0 Å². The zero-order chi connectivity index (χ0) is 14.8. The molecule has 1 aliphatic rings. The van der Waals surface area contributed by atoms with Crippen LogP contribution in [0.5, 0.6) is 0 Å². The van der Waals surface area contributed by atoms with Gasteiger partial charge in [-0.25, -0.2) is 0 Å². The van der Waals surface area contributed by atoms with Crippen molar-refractivity contribution in [2.24, 2.45) is 0 Å². The molecule has 1 N–H and O–H groups in total. The molecule has 2 rings (SSSR count). The Hall–Kier alpha value is -1.76. The summed E-state index contributed by atoms with van der Waals surface area (Å²) in [7, 11) is 1.99. The van der Waals surface area contributed by atoms with E-state index in [0.717, 1.165) is 26.2 Å². The fourth-order valence-electron chi connectivity index (χ4n) is 2.10. The molecule has 7 heteroatoms. The third-order valence-electron chi connectivity index (χ3n) is 3.25. The molecule has 0 bridgehead atoms. The predicted octanol–water partition coefficient (Wildman–Crippen LogP) is 1.94. The number of halogens is 3. The van der Waals surface area contributed by atoms with Crippen LogP contribution < -0.4 is 10.2 Å². The van der Waals surface area contributed by atoms with Gasteiger partial charge in [-0.15, -0.1) is 0 Å². The fraction of sp³-hybridized carbons (Fsp3) is 0.462. The number of hydrogen-bond acceptors (Lipinski definition) is 3. The van der Waals surface area contributed by atoms with E-state index in [1.807, 2.05) is 17.3 Å². The van der Waals surface area contributed by atoms with Crippen LogP contribution in [-0.2, 0) is 4.79 Å². The van der Waals surface area contributed by atoms with Gasteiger partial charge in [-0.3, -0.25) is 4.79 Å². The molecule has 4 nitrogen and oxygen atoms in total. The van der Waals surface area contributed by atoms with Crippen molar-refractivity contribution in [2.45, 2.75) is 6.18 Å². The first-order valence-corrected chi connectivity index (χ1v) is 6.28. The second-order valence-corrected chi connectivity index (χ2v) is 4.76. The van der Waals surface area contributed by atoms with Gasteiger partial charge in [0.2, 0.25) is 0 Å². The van der Waals surface area contributed by atoms with Crippen LogP contribution in [-0.4, -0.2) is 50.2 Å². The largest absolute Gasteiger partial charge is 0.471 e. The number of nitrogens with one attached hydrogen (secondary N) is 1. The van der Waals surface area contributed by atoms with Crippen molar-refractivity contribution >= 4 is 17.3 Å². The van der Waals surface area contributed by atoms with Gasteiger partial charge in [0, 0.05) is 26.2 Å². The molecular formula is C13H16F3N3O. The lowest BCUT2D eigenvalue weighted by Gasteiger charge is -2.35. The van der Waals surface area contributed by atoms with Crippen molar-refractivity contribution in [1.82, 2.24) is 4.90 Å². The molecule has 0 saturated carbocycles. The lowest BCUT2D eigenvalue weighted by molar-refractivity contribution is -0.167. The number of carbonyl (C=O) groups excluding carboxylic acids is 1. The normalized spacial score (nSPS) is 17.1. The average molecular weight is 287 g/mol. The third-order valence-corrected chi connectivity index (χ3v) is 3.25. The van der Waals surface area contributed by atoms with Gasteiger partial charge in [-0.05, 0) is 19.2 Å². The summed E-state index contributed by atoms with van der Waals surface area (Å²) in [5.74, 6) is -1.95. The van der Waals surface area contributed by atoms with Crippen molar-refractivity contribution in [2.75, 3.05) is 43.4 Å². The summed E-state index contributed by atoms with van der Waals surface area (Å²) in [6, 6.07) is 6.55. The van der Waals surface area contributed by atoms with Gasteiger partial charge in [-0.2, -0.15) is 13.2 Å². The van der Waals surface area contributed by atoms with Gasteiger partial charge in [0.25, 0.3) is 0 Å². The molecule has 1 amide bonds. The van der Waals surface area contributed by atoms with E-state index in [9.17, 15) is 18.0 Å². The molecule has 0 radical (unpaired) electrons. The molecule has 0 aromatic heterocycles. The zero-order valence-electron chi connectivity index (χ0n) is 11.1. The number of amides is 1. The van der Waals surface area contributed by atoms with E-state index in [2.05, 4.69) is 4.90 Å². The van der Waals surface area contributed by atoms with Crippen LogP contribution in [0.3, 0.4) is 0 Å². The Morgan fingerprint density at radius 1 is 1.15 bits per heavy atom. The van der Waals surface area contributed by atoms with Gasteiger partial charge in [0.05, 0.1) is 11.4 Å². The Kier molecular flexibility index (Phi) is 4.17. The van der Waals surface area contributed by atoms with Crippen molar-refractivity contribution in [1.29, 1.82) is 0 Å². The van der Waals surface area contributed by atoms with Crippen LogP contribution in [0, 0.1) is 0 Å². The topological polar surface area (TPSA) is 35.6 Å². The number of carbonyl (C=O) groups is 1. The van der Waals surface area contributed by atoms with Crippen molar-refractivity contribution in [3.05, 3.63) is 24.3 Å². The molecule has 1 saturated heterocycles. The maximum absolute atomic E-state index is 12.3. The van der Waals surface area contributed by atoms with Crippen LogP contribution in [0.25, 0.3) is 0 Å². The number of benzene rings is 1. The number of likely N-dealkylation sites (N-methyl/N-ethyl adjacent to an activating group) is 1. The molecule has 20 heavy (non-hydrogen) atoms. The Balaban J connectivity index is 2.16. The summed E-state index contributed by atoms with van der Waals surface area (Å²) in [6.07, 6.45) is -4.88. The summed E-state index contributed by atoms with van der Waals surface area (Å²) < 4.78 is 37.0. The Labute approximate surface area is 115 Å². The molecule has 1 aromatic carbocycles. The highest BCUT2D eigenvalue weighted by Gasteiger charge is 2.39. The molecule has 1 aromatic rings. The number of piperazine rings is 1. The average Bonchev–Trinajstić information content (AvgIpc) is 2.39. The summed E-state index contributed by atoms with van der Waals surface area (Å²) in [5, 5.41) is 1.94. The standard InChI is InChI=1S/C13H16F3N3O/c1-18-6-8-19(9-7-18)11-5-3-2-4-10(11)17-12(20)13(14,15)16/h2-5H,6-9H2,1H3,(H,17,20). The van der Waals surface area contributed by atoms with E-state index >= 15 is 0 Å². The first kappa shape index (κ1) is 14.6. The second kappa shape index (κ2) is 5.70. The lowest BCUT2D eigenvalue weighted by atomic mass is 10.2. The van der Waals surface area contributed by atoms with E-state index < -0.39 is 12.1 Å². The molecule has 110 valence electrons. The summed E-state index contributed by atoms with van der Waals surface area (Å²) in [4.78, 5) is 15.2. The predicted molar refractivity (Wildman–Crippen MR) is 70.8 cm³/mol. The first-order valence-electron chi connectivity index (χ1n) is 6.28. The SMILES string of the molecule is CN1CCN(c2ccccc2NC(=O)C(F)(F)F)CC1. The zero-order valence-corrected chi connectivity index (χ0v) is 11.1. The minimum atomic E-state index is -4.88. The highest BCUT2D eigenvalue weighted by Crippen LogP contribution is 2.28. The van der Waals surface area contributed by atoms with Crippen LogP contribution in [0.1, 0.15) is 0 Å². The number of nitrogens with zero attached hydrogens (tertiary/aromatic N) is 2. The van der Waals surface area contributed by atoms with E-state index in [-0.39, 0.29) is 5.69 Å². The molecule has 0 atom stereocenters. The molecule has 0 spiro atoms. The van der Waals surface area contributed by atoms with Crippen molar-refractivity contribution in [3.63, 3.8) is 0 Å². The minimum absolute atomic E-state index is 0.194. The van der Waals surface area contributed by atoms with Gasteiger partial charge < -0.3 is 15.1 Å². The van der Waals surface area contributed by atoms with Crippen LogP contribution in [0.2, 0.25) is 0 Å². The molecule has 1 aliphatic heterocycles. The summed E-state index contributed by atoms with van der Waals surface area (Å²) in [5.41, 5.74) is 0.817. The third kappa shape index (κ3) is 3.41. The van der Waals surface area contributed by atoms with Gasteiger partial charge in [0.15, 0.2) is 0 Å². The Morgan fingerprint density at radius 3 is 2.35 bits per heavy atom. The van der Waals surface area contributed by atoms with Gasteiger partial charge in [0.1, 0.15) is 0 Å². The van der Waals surface area contributed by atoms with E-state index in [4.69, 9.17) is 0 Å². The number of rotatable bonds is 2. The highest BCUT2D eigenvalue weighted by atomic mass is 19.4. The Bertz CT molecular complexity index is 482. The van der Waals surface area contributed by atoms with Crippen LogP contribution in [0.4, 0.5) is 24.5 Å². The monoisotopic (exact) mass is 287 g/mol. The Morgan fingerprint density at radius 2 is 1.75 bits per heavy atom. The van der Waals surface area contributed by atoms with E-state index in [1.165, 1.54) is 6.07 Å². The molecule has 1 fully saturated rings. The smallest absolute Gasteiger partial charge is 0.367 e. The maximum atomic E-state index is 12.3. The highest BCUT2D eigenvalue weighted by molar-refractivity contribution is 5.97.